The van der Waals surface area contributed by atoms with Gasteiger partial charge in [0.1, 0.15) is 11.6 Å². The van der Waals surface area contributed by atoms with Gasteiger partial charge in [-0.25, -0.2) is 4.98 Å². The summed E-state index contributed by atoms with van der Waals surface area (Å²) in [6.07, 6.45) is 1.62. The van der Waals surface area contributed by atoms with Gasteiger partial charge in [0.15, 0.2) is 0 Å². The van der Waals surface area contributed by atoms with Crippen LogP contribution in [0.1, 0.15) is 15.9 Å². The Morgan fingerprint density at radius 1 is 1.37 bits per heavy atom. The molecule has 0 atom stereocenters. The molecule has 1 N–H and O–H groups in total. The van der Waals surface area contributed by atoms with Crippen molar-refractivity contribution < 1.29 is 9.53 Å². The molecule has 0 aliphatic rings. The number of methoxy groups -OCH3 is 1. The molecule has 5 heteroatoms. The van der Waals surface area contributed by atoms with Gasteiger partial charge in [0.05, 0.1) is 17.1 Å². The third-order valence-corrected chi connectivity index (χ3v) is 3.23. The van der Waals surface area contributed by atoms with E-state index >= 15 is 0 Å². The molecule has 0 aliphatic carbocycles. The Kier molecular flexibility index (Phi) is 4.16. The summed E-state index contributed by atoms with van der Waals surface area (Å²) >= 11 is 3.34. The lowest BCUT2D eigenvalue weighted by atomic mass is 10.1. The summed E-state index contributed by atoms with van der Waals surface area (Å²) in [4.78, 5) is 16.3. The number of hydrogen-bond acceptors (Lipinski definition) is 3. The average molecular weight is 321 g/mol. The number of amides is 1. The number of rotatable bonds is 3. The summed E-state index contributed by atoms with van der Waals surface area (Å²) in [5.74, 6) is 0.770. The maximum atomic E-state index is 12.2. The summed E-state index contributed by atoms with van der Waals surface area (Å²) in [6.45, 7) is 1.92. The number of carbonyl (C=O) groups is 1. The molecule has 1 aromatic carbocycles. The molecule has 2 aromatic rings. The van der Waals surface area contributed by atoms with E-state index in [-0.39, 0.29) is 5.91 Å². The highest BCUT2D eigenvalue weighted by Gasteiger charge is 2.14. The molecule has 0 saturated carbocycles. The van der Waals surface area contributed by atoms with Crippen LogP contribution in [-0.2, 0) is 0 Å². The van der Waals surface area contributed by atoms with E-state index in [1.165, 1.54) is 7.11 Å². The van der Waals surface area contributed by atoms with Crippen LogP contribution in [0.4, 0.5) is 5.82 Å². The molecule has 0 bridgehead atoms. The van der Waals surface area contributed by atoms with E-state index in [0.717, 1.165) is 10.0 Å². The Morgan fingerprint density at radius 2 is 2.16 bits per heavy atom. The number of aromatic nitrogens is 1. The van der Waals surface area contributed by atoms with Crippen LogP contribution in [0, 0.1) is 6.92 Å². The molecule has 1 aromatic heterocycles. The molecule has 0 unspecified atom stereocenters. The van der Waals surface area contributed by atoms with Crippen molar-refractivity contribution in [2.75, 3.05) is 12.4 Å². The third-order valence-electron chi connectivity index (χ3n) is 2.59. The van der Waals surface area contributed by atoms with Crippen molar-refractivity contribution in [1.29, 1.82) is 0 Å². The number of nitrogens with zero attached hydrogens (tertiary/aromatic N) is 1. The first-order valence-electron chi connectivity index (χ1n) is 5.68. The normalized spacial score (nSPS) is 10.1. The van der Waals surface area contributed by atoms with Crippen LogP contribution in [0.25, 0.3) is 0 Å². The summed E-state index contributed by atoms with van der Waals surface area (Å²) in [7, 11) is 1.54. The topological polar surface area (TPSA) is 51.2 Å². The Morgan fingerprint density at radius 3 is 2.84 bits per heavy atom. The number of hydrogen-bond donors (Lipinski definition) is 1. The van der Waals surface area contributed by atoms with Crippen molar-refractivity contribution in [3.05, 3.63) is 52.1 Å². The standard InChI is InChI=1S/C14H13BrN2O2/c1-9-5-6-12(19-2)10(8-9)14(18)17-13-11(15)4-3-7-16-13/h3-8H,1-2H3,(H,16,17,18). The first-order chi connectivity index (χ1) is 9.11. The smallest absolute Gasteiger partial charge is 0.260 e. The monoisotopic (exact) mass is 320 g/mol. The van der Waals surface area contributed by atoms with Gasteiger partial charge in [-0.15, -0.1) is 0 Å². The number of anilines is 1. The molecular formula is C14H13BrN2O2. The zero-order chi connectivity index (χ0) is 13.8. The van der Waals surface area contributed by atoms with Crippen LogP contribution in [0.3, 0.4) is 0 Å². The number of aryl methyl sites for hydroxylation is 1. The highest BCUT2D eigenvalue weighted by molar-refractivity contribution is 9.10. The number of nitrogens with one attached hydrogen (secondary N) is 1. The molecule has 2 rings (SSSR count). The van der Waals surface area contributed by atoms with Crippen LogP contribution < -0.4 is 10.1 Å². The fraction of sp³-hybridized carbons (Fsp3) is 0.143. The SMILES string of the molecule is COc1ccc(C)cc1C(=O)Nc1ncccc1Br. The van der Waals surface area contributed by atoms with Gasteiger partial charge in [-0.05, 0) is 47.1 Å². The molecule has 0 fully saturated rings. The second kappa shape index (κ2) is 5.84. The minimum atomic E-state index is -0.250. The number of halogens is 1. The molecule has 1 amide bonds. The second-order valence-corrected chi connectivity index (χ2v) is 4.85. The third kappa shape index (κ3) is 3.12. The Hall–Kier alpha value is -1.88. The van der Waals surface area contributed by atoms with Gasteiger partial charge in [0, 0.05) is 6.20 Å². The van der Waals surface area contributed by atoms with Crippen LogP contribution in [0.5, 0.6) is 5.75 Å². The van der Waals surface area contributed by atoms with E-state index in [9.17, 15) is 4.79 Å². The van der Waals surface area contributed by atoms with Gasteiger partial charge >= 0.3 is 0 Å². The number of benzene rings is 1. The van der Waals surface area contributed by atoms with Gasteiger partial charge in [-0.1, -0.05) is 11.6 Å². The maximum Gasteiger partial charge on any atom is 0.260 e. The van der Waals surface area contributed by atoms with Crippen molar-refractivity contribution in [3.8, 4) is 5.75 Å². The van der Waals surface area contributed by atoms with Crippen molar-refractivity contribution in [2.45, 2.75) is 6.92 Å². The largest absolute Gasteiger partial charge is 0.496 e. The lowest BCUT2D eigenvalue weighted by molar-refractivity contribution is 0.102. The van der Waals surface area contributed by atoms with Gasteiger partial charge in [0.2, 0.25) is 0 Å². The molecule has 0 radical (unpaired) electrons. The fourth-order valence-corrected chi connectivity index (χ4v) is 2.01. The lowest BCUT2D eigenvalue weighted by Crippen LogP contribution is -2.14. The average Bonchev–Trinajstić information content (AvgIpc) is 2.41. The van der Waals surface area contributed by atoms with Crippen LogP contribution >= 0.6 is 15.9 Å². The quantitative estimate of drug-likeness (QED) is 0.942. The molecule has 0 aliphatic heterocycles. The predicted molar refractivity (Wildman–Crippen MR) is 77.6 cm³/mol. The van der Waals surface area contributed by atoms with Crippen molar-refractivity contribution >= 4 is 27.7 Å². The minimum Gasteiger partial charge on any atom is -0.496 e. The lowest BCUT2D eigenvalue weighted by Gasteiger charge is -2.10. The Balaban J connectivity index is 2.30. The molecule has 19 heavy (non-hydrogen) atoms. The molecule has 0 saturated heterocycles. The summed E-state index contributed by atoms with van der Waals surface area (Å²) in [6, 6.07) is 9.05. The van der Waals surface area contributed by atoms with Crippen molar-refractivity contribution in [3.63, 3.8) is 0 Å². The molecule has 4 nitrogen and oxygen atoms in total. The van der Waals surface area contributed by atoms with Crippen LogP contribution in [0.15, 0.2) is 41.0 Å². The van der Waals surface area contributed by atoms with Gasteiger partial charge in [-0.2, -0.15) is 0 Å². The Labute approximate surface area is 119 Å². The molecule has 98 valence electrons. The number of carbonyl (C=O) groups excluding carboxylic acids is 1. The minimum absolute atomic E-state index is 0.250. The van der Waals surface area contributed by atoms with Crippen molar-refractivity contribution in [1.82, 2.24) is 4.98 Å². The highest BCUT2D eigenvalue weighted by atomic mass is 79.9. The highest BCUT2D eigenvalue weighted by Crippen LogP contribution is 2.23. The first kappa shape index (κ1) is 13.5. The summed E-state index contributed by atoms with van der Waals surface area (Å²) < 4.78 is 5.93. The van der Waals surface area contributed by atoms with Crippen LogP contribution in [0.2, 0.25) is 0 Å². The van der Waals surface area contributed by atoms with E-state index in [4.69, 9.17) is 4.74 Å². The van der Waals surface area contributed by atoms with Gasteiger partial charge in [0.25, 0.3) is 5.91 Å². The van der Waals surface area contributed by atoms with E-state index < -0.39 is 0 Å². The summed E-state index contributed by atoms with van der Waals surface area (Å²) in [5.41, 5.74) is 1.48. The predicted octanol–water partition coefficient (Wildman–Crippen LogP) is 3.41. The van der Waals surface area contributed by atoms with E-state index in [1.807, 2.05) is 19.1 Å². The van der Waals surface area contributed by atoms with Gasteiger partial charge < -0.3 is 10.1 Å². The van der Waals surface area contributed by atoms with E-state index in [1.54, 1.807) is 24.4 Å². The van der Waals surface area contributed by atoms with E-state index in [0.29, 0.717) is 17.1 Å². The zero-order valence-electron chi connectivity index (χ0n) is 10.6. The maximum absolute atomic E-state index is 12.2. The summed E-state index contributed by atoms with van der Waals surface area (Å²) in [5, 5.41) is 2.75. The fourth-order valence-electron chi connectivity index (χ4n) is 1.65. The molecule has 1 heterocycles. The second-order valence-electron chi connectivity index (χ2n) is 3.99. The molecular weight excluding hydrogens is 308 g/mol. The van der Waals surface area contributed by atoms with Crippen molar-refractivity contribution in [2.24, 2.45) is 0 Å². The van der Waals surface area contributed by atoms with E-state index in [2.05, 4.69) is 26.2 Å². The van der Waals surface area contributed by atoms with Crippen LogP contribution in [-0.4, -0.2) is 18.0 Å². The number of pyridine rings is 1. The number of ether oxygens (including phenoxy) is 1. The first-order valence-corrected chi connectivity index (χ1v) is 6.47. The van der Waals surface area contributed by atoms with Gasteiger partial charge in [-0.3, -0.25) is 4.79 Å². The molecule has 0 spiro atoms. The zero-order valence-corrected chi connectivity index (χ0v) is 12.2. The Bertz CT molecular complexity index is 614.